The molecule has 0 aliphatic carbocycles. The van der Waals surface area contributed by atoms with E-state index in [9.17, 15) is 9.59 Å². The lowest BCUT2D eigenvalue weighted by molar-refractivity contribution is -0.128. The SMILES string of the molecule is CC(=O)N(CCCN(C)C)CCNC(=O)Nc1ccccc1. The predicted molar refractivity (Wildman–Crippen MR) is 88.9 cm³/mol. The van der Waals surface area contributed by atoms with Crippen LogP contribution in [-0.4, -0.2) is 62.0 Å². The Morgan fingerprint density at radius 3 is 2.32 bits per heavy atom. The number of amides is 3. The third-order valence-corrected chi connectivity index (χ3v) is 3.18. The van der Waals surface area contributed by atoms with Gasteiger partial charge in [0.2, 0.25) is 5.91 Å². The van der Waals surface area contributed by atoms with Crippen LogP contribution in [0.15, 0.2) is 30.3 Å². The van der Waals surface area contributed by atoms with Crippen molar-refractivity contribution in [1.29, 1.82) is 0 Å². The van der Waals surface area contributed by atoms with Crippen LogP contribution >= 0.6 is 0 Å². The predicted octanol–water partition coefficient (Wildman–Crippen LogP) is 1.61. The van der Waals surface area contributed by atoms with Gasteiger partial charge in [-0.15, -0.1) is 0 Å². The largest absolute Gasteiger partial charge is 0.341 e. The second-order valence-corrected chi connectivity index (χ2v) is 5.41. The quantitative estimate of drug-likeness (QED) is 0.767. The highest BCUT2D eigenvalue weighted by atomic mass is 16.2. The smallest absolute Gasteiger partial charge is 0.319 e. The number of rotatable bonds is 8. The fourth-order valence-corrected chi connectivity index (χ4v) is 2.01. The number of hydrogen-bond acceptors (Lipinski definition) is 3. The van der Waals surface area contributed by atoms with E-state index >= 15 is 0 Å². The summed E-state index contributed by atoms with van der Waals surface area (Å²) in [5, 5.41) is 5.50. The van der Waals surface area contributed by atoms with Crippen LogP contribution in [0.1, 0.15) is 13.3 Å². The van der Waals surface area contributed by atoms with Crippen LogP contribution in [0.5, 0.6) is 0 Å². The van der Waals surface area contributed by atoms with Crippen molar-refractivity contribution in [3.8, 4) is 0 Å². The molecule has 3 amide bonds. The lowest BCUT2D eigenvalue weighted by Crippen LogP contribution is -2.39. The highest BCUT2D eigenvalue weighted by molar-refractivity contribution is 5.89. The number of nitrogens with one attached hydrogen (secondary N) is 2. The van der Waals surface area contributed by atoms with Gasteiger partial charge in [-0.2, -0.15) is 0 Å². The molecule has 1 aromatic rings. The number of benzene rings is 1. The van der Waals surface area contributed by atoms with E-state index in [-0.39, 0.29) is 11.9 Å². The number of nitrogens with zero attached hydrogens (tertiary/aromatic N) is 2. The molecule has 0 aromatic heterocycles. The third kappa shape index (κ3) is 7.64. The van der Waals surface area contributed by atoms with Gasteiger partial charge in [0.1, 0.15) is 0 Å². The summed E-state index contributed by atoms with van der Waals surface area (Å²) in [6.07, 6.45) is 0.919. The van der Waals surface area contributed by atoms with E-state index in [0.717, 1.165) is 18.7 Å². The van der Waals surface area contributed by atoms with Gasteiger partial charge >= 0.3 is 6.03 Å². The molecule has 0 aliphatic heterocycles. The van der Waals surface area contributed by atoms with Crippen LogP contribution in [-0.2, 0) is 4.79 Å². The van der Waals surface area contributed by atoms with Crippen molar-refractivity contribution >= 4 is 17.6 Å². The molecule has 0 aliphatic rings. The number of urea groups is 1. The molecule has 22 heavy (non-hydrogen) atoms. The molecule has 0 radical (unpaired) electrons. The summed E-state index contributed by atoms with van der Waals surface area (Å²) in [6, 6.07) is 8.99. The van der Waals surface area contributed by atoms with Gasteiger partial charge in [0.15, 0.2) is 0 Å². The summed E-state index contributed by atoms with van der Waals surface area (Å²) in [7, 11) is 4.02. The number of carbonyl (C=O) groups excluding carboxylic acids is 2. The normalized spacial score (nSPS) is 10.4. The molecule has 0 unspecified atom stereocenters. The molecule has 0 fully saturated rings. The molecular formula is C16H26N4O2. The number of anilines is 1. The Morgan fingerprint density at radius 2 is 1.73 bits per heavy atom. The molecular weight excluding hydrogens is 280 g/mol. The second kappa shape index (κ2) is 9.78. The van der Waals surface area contributed by atoms with Crippen molar-refractivity contribution in [2.45, 2.75) is 13.3 Å². The van der Waals surface area contributed by atoms with E-state index < -0.39 is 0 Å². The van der Waals surface area contributed by atoms with Crippen LogP contribution in [0.4, 0.5) is 10.5 Å². The van der Waals surface area contributed by atoms with E-state index in [2.05, 4.69) is 15.5 Å². The van der Waals surface area contributed by atoms with Gasteiger partial charge in [-0.25, -0.2) is 4.79 Å². The molecule has 1 rings (SSSR count). The van der Waals surface area contributed by atoms with Crippen molar-refractivity contribution in [3.05, 3.63) is 30.3 Å². The minimum Gasteiger partial charge on any atom is -0.341 e. The van der Waals surface area contributed by atoms with Crippen LogP contribution in [0.2, 0.25) is 0 Å². The minimum atomic E-state index is -0.261. The summed E-state index contributed by atoms with van der Waals surface area (Å²) >= 11 is 0. The molecule has 0 saturated heterocycles. The molecule has 6 nitrogen and oxygen atoms in total. The molecule has 1 aromatic carbocycles. The van der Waals surface area contributed by atoms with Gasteiger partial charge in [-0.3, -0.25) is 4.79 Å². The Labute approximate surface area is 132 Å². The Morgan fingerprint density at radius 1 is 1.05 bits per heavy atom. The zero-order valence-electron chi connectivity index (χ0n) is 13.6. The third-order valence-electron chi connectivity index (χ3n) is 3.18. The summed E-state index contributed by atoms with van der Waals surface area (Å²) < 4.78 is 0. The molecule has 0 heterocycles. The van der Waals surface area contributed by atoms with Gasteiger partial charge in [-0.05, 0) is 39.2 Å². The Balaban J connectivity index is 2.27. The molecule has 6 heteroatoms. The van der Waals surface area contributed by atoms with Gasteiger partial charge in [0, 0.05) is 32.2 Å². The van der Waals surface area contributed by atoms with Crippen LogP contribution in [0.3, 0.4) is 0 Å². The topological polar surface area (TPSA) is 64.7 Å². The molecule has 2 N–H and O–H groups in total. The van der Waals surface area contributed by atoms with Gasteiger partial charge in [0.05, 0.1) is 0 Å². The minimum absolute atomic E-state index is 0.0315. The van der Waals surface area contributed by atoms with Crippen molar-refractivity contribution < 1.29 is 9.59 Å². The average molecular weight is 306 g/mol. The van der Waals surface area contributed by atoms with Gasteiger partial charge in [0.25, 0.3) is 0 Å². The zero-order valence-corrected chi connectivity index (χ0v) is 13.6. The lowest BCUT2D eigenvalue weighted by Gasteiger charge is -2.22. The number of hydrogen-bond donors (Lipinski definition) is 2. The van der Waals surface area contributed by atoms with E-state index in [1.165, 1.54) is 0 Å². The van der Waals surface area contributed by atoms with Crippen molar-refractivity contribution in [1.82, 2.24) is 15.1 Å². The summed E-state index contributed by atoms with van der Waals surface area (Å²) in [4.78, 5) is 27.1. The maximum atomic E-state index is 11.7. The maximum Gasteiger partial charge on any atom is 0.319 e. The van der Waals surface area contributed by atoms with Crippen molar-refractivity contribution in [3.63, 3.8) is 0 Å². The van der Waals surface area contributed by atoms with E-state index in [0.29, 0.717) is 19.6 Å². The summed E-state index contributed by atoms with van der Waals surface area (Å²) in [5.41, 5.74) is 0.745. The fraction of sp³-hybridized carbons (Fsp3) is 0.500. The second-order valence-electron chi connectivity index (χ2n) is 5.41. The van der Waals surface area contributed by atoms with E-state index in [1.807, 2.05) is 44.4 Å². The highest BCUT2D eigenvalue weighted by Crippen LogP contribution is 2.04. The zero-order chi connectivity index (χ0) is 16.4. The van der Waals surface area contributed by atoms with Crippen molar-refractivity contribution in [2.75, 3.05) is 45.6 Å². The Hall–Kier alpha value is -2.08. The van der Waals surface area contributed by atoms with Crippen LogP contribution in [0.25, 0.3) is 0 Å². The monoisotopic (exact) mass is 306 g/mol. The fourth-order valence-electron chi connectivity index (χ4n) is 2.01. The van der Waals surface area contributed by atoms with Gasteiger partial charge in [-0.1, -0.05) is 18.2 Å². The first kappa shape index (κ1) is 18.0. The van der Waals surface area contributed by atoms with E-state index in [1.54, 1.807) is 11.8 Å². The van der Waals surface area contributed by atoms with Gasteiger partial charge < -0.3 is 20.4 Å². The molecule has 122 valence electrons. The molecule has 0 saturated carbocycles. The summed E-state index contributed by atoms with van der Waals surface area (Å²) in [5.74, 6) is 0.0315. The van der Waals surface area contributed by atoms with Crippen molar-refractivity contribution in [2.24, 2.45) is 0 Å². The Kier molecular flexibility index (Phi) is 7.99. The Bertz CT molecular complexity index is 462. The first-order chi connectivity index (χ1) is 10.5. The maximum absolute atomic E-state index is 11.7. The first-order valence-electron chi connectivity index (χ1n) is 7.49. The molecule has 0 atom stereocenters. The number of carbonyl (C=O) groups is 2. The standard InChI is InChI=1S/C16H26N4O2/c1-14(21)20(12-7-11-19(2)3)13-10-17-16(22)18-15-8-5-4-6-9-15/h4-6,8-9H,7,10-13H2,1-3H3,(H2,17,18,22). The first-order valence-corrected chi connectivity index (χ1v) is 7.49. The molecule has 0 bridgehead atoms. The number of para-hydroxylation sites is 1. The average Bonchev–Trinajstić information content (AvgIpc) is 2.46. The van der Waals surface area contributed by atoms with Crippen LogP contribution < -0.4 is 10.6 Å². The van der Waals surface area contributed by atoms with E-state index in [4.69, 9.17) is 0 Å². The summed E-state index contributed by atoms with van der Waals surface area (Å²) in [6.45, 7) is 4.14. The lowest BCUT2D eigenvalue weighted by atomic mass is 10.3. The molecule has 0 spiro atoms. The highest BCUT2D eigenvalue weighted by Gasteiger charge is 2.09. The van der Waals surface area contributed by atoms with Crippen LogP contribution in [0, 0.1) is 0 Å².